The van der Waals surface area contributed by atoms with Crippen LogP contribution in [0, 0.1) is 0 Å². The standard InChI is InChI=1S/C12H18N4O3/c17-12(18)10-11(15-4-3-13-10)14-2-1-5-16-6-8-19-9-7-16/h3-4H,1-2,5-9H2,(H,14,15)(H,17,18). The molecule has 1 aromatic heterocycles. The van der Waals surface area contributed by atoms with Gasteiger partial charge in [0.1, 0.15) is 0 Å². The van der Waals surface area contributed by atoms with Crippen LogP contribution in [-0.4, -0.2) is 65.3 Å². The summed E-state index contributed by atoms with van der Waals surface area (Å²) >= 11 is 0. The zero-order valence-corrected chi connectivity index (χ0v) is 10.7. The summed E-state index contributed by atoms with van der Waals surface area (Å²) in [6, 6.07) is 0. The molecule has 2 heterocycles. The van der Waals surface area contributed by atoms with E-state index in [0.717, 1.165) is 39.3 Å². The van der Waals surface area contributed by atoms with Gasteiger partial charge in [-0.05, 0) is 13.0 Å². The van der Waals surface area contributed by atoms with Crippen molar-refractivity contribution in [2.75, 3.05) is 44.7 Å². The van der Waals surface area contributed by atoms with Crippen LogP contribution in [0.4, 0.5) is 5.82 Å². The van der Waals surface area contributed by atoms with Crippen molar-refractivity contribution >= 4 is 11.8 Å². The van der Waals surface area contributed by atoms with E-state index in [-0.39, 0.29) is 5.69 Å². The van der Waals surface area contributed by atoms with Gasteiger partial charge >= 0.3 is 5.97 Å². The molecule has 19 heavy (non-hydrogen) atoms. The minimum absolute atomic E-state index is 0.0335. The number of hydrogen-bond acceptors (Lipinski definition) is 6. The van der Waals surface area contributed by atoms with Crippen LogP contribution in [0.15, 0.2) is 12.4 Å². The summed E-state index contributed by atoms with van der Waals surface area (Å²) < 4.78 is 5.28. The van der Waals surface area contributed by atoms with Gasteiger partial charge in [0.2, 0.25) is 0 Å². The Morgan fingerprint density at radius 2 is 2.11 bits per heavy atom. The molecule has 0 spiro atoms. The maximum atomic E-state index is 10.9. The largest absolute Gasteiger partial charge is 0.476 e. The predicted octanol–water partition coefficient (Wildman–Crippen LogP) is 0.309. The van der Waals surface area contributed by atoms with Gasteiger partial charge in [-0.1, -0.05) is 0 Å². The Bertz CT molecular complexity index is 421. The molecule has 7 heteroatoms. The highest BCUT2D eigenvalue weighted by Crippen LogP contribution is 2.08. The van der Waals surface area contributed by atoms with Gasteiger partial charge in [0.15, 0.2) is 11.5 Å². The van der Waals surface area contributed by atoms with E-state index in [1.54, 1.807) is 0 Å². The van der Waals surface area contributed by atoms with Gasteiger partial charge in [0.05, 0.1) is 13.2 Å². The van der Waals surface area contributed by atoms with Crippen molar-refractivity contribution in [3.05, 3.63) is 18.1 Å². The lowest BCUT2D eigenvalue weighted by Gasteiger charge is -2.26. The summed E-state index contributed by atoms with van der Waals surface area (Å²) in [4.78, 5) is 21.1. The highest BCUT2D eigenvalue weighted by Gasteiger charge is 2.12. The van der Waals surface area contributed by atoms with Gasteiger partial charge in [-0.25, -0.2) is 14.8 Å². The van der Waals surface area contributed by atoms with Crippen LogP contribution in [0.25, 0.3) is 0 Å². The molecule has 2 N–H and O–H groups in total. The number of carbonyl (C=O) groups is 1. The van der Waals surface area contributed by atoms with Crippen LogP contribution in [0.5, 0.6) is 0 Å². The molecule has 1 saturated heterocycles. The Labute approximate surface area is 111 Å². The smallest absolute Gasteiger partial charge is 0.358 e. The van der Waals surface area contributed by atoms with Crippen LogP contribution < -0.4 is 5.32 Å². The molecule has 1 aliphatic rings. The number of rotatable bonds is 6. The van der Waals surface area contributed by atoms with Crippen LogP contribution >= 0.6 is 0 Å². The van der Waals surface area contributed by atoms with E-state index in [4.69, 9.17) is 9.84 Å². The molecule has 0 radical (unpaired) electrons. The molecule has 0 aromatic carbocycles. The van der Waals surface area contributed by atoms with E-state index in [0.29, 0.717) is 12.4 Å². The third kappa shape index (κ3) is 4.15. The molecule has 0 atom stereocenters. The average molecular weight is 266 g/mol. The molecule has 0 amide bonds. The second-order valence-electron chi connectivity index (χ2n) is 4.29. The molecule has 0 saturated carbocycles. The number of hydrogen-bond donors (Lipinski definition) is 2. The Morgan fingerprint density at radius 1 is 1.37 bits per heavy atom. The number of ether oxygens (including phenoxy) is 1. The fourth-order valence-electron chi connectivity index (χ4n) is 1.96. The topological polar surface area (TPSA) is 87.6 Å². The second kappa shape index (κ2) is 7.01. The van der Waals surface area contributed by atoms with Crippen molar-refractivity contribution < 1.29 is 14.6 Å². The molecule has 0 aliphatic carbocycles. The maximum absolute atomic E-state index is 10.9. The summed E-state index contributed by atoms with van der Waals surface area (Å²) in [5.74, 6) is -0.735. The van der Waals surface area contributed by atoms with Crippen LogP contribution in [0.3, 0.4) is 0 Å². The molecule has 1 fully saturated rings. The van der Waals surface area contributed by atoms with Gasteiger partial charge in [-0.3, -0.25) is 4.90 Å². The Hall–Kier alpha value is -1.73. The highest BCUT2D eigenvalue weighted by molar-refractivity contribution is 5.90. The molecule has 1 aromatic rings. The Kier molecular flexibility index (Phi) is 5.05. The molecular weight excluding hydrogens is 248 g/mol. The molecule has 0 bridgehead atoms. The predicted molar refractivity (Wildman–Crippen MR) is 69.4 cm³/mol. The van der Waals surface area contributed by atoms with Gasteiger partial charge < -0.3 is 15.2 Å². The van der Waals surface area contributed by atoms with E-state index in [2.05, 4.69) is 20.2 Å². The van der Waals surface area contributed by atoms with Gasteiger partial charge in [-0.15, -0.1) is 0 Å². The Balaban J connectivity index is 1.74. The van der Waals surface area contributed by atoms with Crippen molar-refractivity contribution in [3.63, 3.8) is 0 Å². The third-order valence-corrected chi connectivity index (χ3v) is 2.95. The summed E-state index contributed by atoms with van der Waals surface area (Å²) in [6.45, 7) is 5.16. The van der Waals surface area contributed by atoms with Crippen LogP contribution in [0.2, 0.25) is 0 Å². The summed E-state index contributed by atoms with van der Waals surface area (Å²) in [6.07, 6.45) is 3.79. The third-order valence-electron chi connectivity index (χ3n) is 2.95. The van der Waals surface area contributed by atoms with E-state index >= 15 is 0 Å². The maximum Gasteiger partial charge on any atom is 0.358 e. The van der Waals surface area contributed by atoms with Gasteiger partial charge in [0.25, 0.3) is 0 Å². The van der Waals surface area contributed by atoms with E-state index in [1.165, 1.54) is 12.4 Å². The first-order valence-corrected chi connectivity index (χ1v) is 6.35. The first-order chi connectivity index (χ1) is 9.27. The number of anilines is 1. The lowest BCUT2D eigenvalue weighted by Crippen LogP contribution is -2.37. The minimum atomic E-state index is -1.07. The van der Waals surface area contributed by atoms with Crippen molar-refractivity contribution in [1.29, 1.82) is 0 Å². The monoisotopic (exact) mass is 266 g/mol. The number of carboxylic acids is 1. The Morgan fingerprint density at radius 3 is 2.84 bits per heavy atom. The number of morpholine rings is 1. The number of aromatic nitrogens is 2. The second-order valence-corrected chi connectivity index (χ2v) is 4.29. The van der Waals surface area contributed by atoms with E-state index < -0.39 is 5.97 Å². The van der Waals surface area contributed by atoms with Crippen molar-refractivity contribution in [2.24, 2.45) is 0 Å². The van der Waals surface area contributed by atoms with Gasteiger partial charge in [-0.2, -0.15) is 0 Å². The first kappa shape index (κ1) is 13.7. The average Bonchev–Trinajstić information content (AvgIpc) is 2.45. The lowest BCUT2D eigenvalue weighted by atomic mass is 10.3. The SMILES string of the molecule is O=C(O)c1nccnc1NCCCN1CCOCC1. The number of nitrogens with zero attached hydrogens (tertiary/aromatic N) is 3. The van der Waals surface area contributed by atoms with Crippen molar-refractivity contribution in [3.8, 4) is 0 Å². The zero-order valence-electron chi connectivity index (χ0n) is 10.7. The van der Waals surface area contributed by atoms with E-state index in [9.17, 15) is 4.79 Å². The number of carboxylic acid groups (broad SMARTS) is 1. The normalized spacial score (nSPS) is 16.2. The molecule has 0 unspecified atom stereocenters. The summed E-state index contributed by atoms with van der Waals surface area (Å²) in [7, 11) is 0. The molecule has 2 rings (SSSR count). The number of aromatic carboxylic acids is 1. The zero-order chi connectivity index (χ0) is 13.5. The molecular formula is C12H18N4O3. The summed E-state index contributed by atoms with van der Waals surface area (Å²) in [5, 5.41) is 12.0. The van der Waals surface area contributed by atoms with Gasteiger partial charge in [0, 0.05) is 32.0 Å². The van der Waals surface area contributed by atoms with Crippen LogP contribution in [-0.2, 0) is 4.74 Å². The van der Waals surface area contributed by atoms with Crippen LogP contribution in [0.1, 0.15) is 16.9 Å². The number of nitrogens with one attached hydrogen (secondary N) is 1. The fraction of sp³-hybridized carbons (Fsp3) is 0.583. The first-order valence-electron chi connectivity index (χ1n) is 6.35. The van der Waals surface area contributed by atoms with Crippen molar-refractivity contribution in [1.82, 2.24) is 14.9 Å². The molecule has 1 aliphatic heterocycles. The van der Waals surface area contributed by atoms with E-state index in [1.807, 2.05) is 0 Å². The lowest BCUT2D eigenvalue weighted by molar-refractivity contribution is 0.0378. The highest BCUT2D eigenvalue weighted by atomic mass is 16.5. The quantitative estimate of drug-likeness (QED) is 0.716. The minimum Gasteiger partial charge on any atom is -0.476 e. The van der Waals surface area contributed by atoms with Crippen molar-refractivity contribution in [2.45, 2.75) is 6.42 Å². The molecule has 7 nitrogen and oxygen atoms in total. The molecule has 104 valence electrons. The summed E-state index contributed by atoms with van der Waals surface area (Å²) in [5.41, 5.74) is -0.0335. The fourth-order valence-corrected chi connectivity index (χ4v) is 1.96.